The number of carbonyl (C=O) groups is 2. The lowest BCUT2D eigenvalue weighted by atomic mass is 10.0. The molecule has 30 heavy (non-hydrogen) atoms. The molecule has 0 amide bonds. The zero-order valence-electron chi connectivity index (χ0n) is 15.8. The molecule has 1 saturated heterocycles. The number of benzene rings is 2. The number of ether oxygens (including phenoxy) is 4. The molecule has 0 unspecified atom stereocenters. The summed E-state index contributed by atoms with van der Waals surface area (Å²) in [5.74, 6) is -0.323. The number of nitro benzene ring substituents is 1. The topological polar surface area (TPSA) is 114 Å². The van der Waals surface area contributed by atoms with Crippen molar-refractivity contribution in [3.8, 4) is 5.75 Å². The van der Waals surface area contributed by atoms with Crippen molar-refractivity contribution in [1.82, 2.24) is 0 Å². The first kappa shape index (κ1) is 19.8. The highest BCUT2D eigenvalue weighted by Gasteiger charge is 2.48. The third kappa shape index (κ3) is 4.41. The van der Waals surface area contributed by atoms with E-state index in [4.69, 9.17) is 18.9 Å². The summed E-state index contributed by atoms with van der Waals surface area (Å²) in [7, 11) is 0. The number of fused-ring (bicyclic) bond motifs is 1. The van der Waals surface area contributed by atoms with Crippen LogP contribution in [0, 0.1) is 16.0 Å². The first-order valence-corrected chi connectivity index (χ1v) is 9.50. The molecule has 1 saturated carbocycles. The molecule has 0 N–H and O–H groups in total. The fourth-order valence-electron chi connectivity index (χ4n) is 3.80. The molecule has 0 spiro atoms. The lowest BCUT2D eigenvalue weighted by molar-refractivity contribution is -0.384. The Bertz CT molecular complexity index is 930. The minimum atomic E-state index is -0.897. The summed E-state index contributed by atoms with van der Waals surface area (Å²) >= 11 is 0. The average Bonchev–Trinajstić information content (AvgIpc) is 3.30. The van der Waals surface area contributed by atoms with Crippen molar-refractivity contribution >= 4 is 17.8 Å². The van der Waals surface area contributed by atoms with Gasteiger partial charge in [0.05, 0.1) is 23.2 Å². The summed E-state index contributed by atoms with van der Waals surface area (Å²) in [5, 5.41) is 10.7. The van der Waals surface area contributed by atoms with Gasteiger partial charge in [0.15, 0.2) is 0 Å². The SMILES string of the molecule is O=C(Oc1ccc([N+](=O)[O-])cc1)O[C@@H]1C[C@@H]2[C@@H](OC(=O)c3ccccc3)CO[C@@H]2C1. The molecule has 0 aromatic heterocycles. The Hall–Kier alpha value is -3.46. The van der Waals surface area contributed by atoms with Gasteiger partial charge in [0.2, 0.25) is 0 Å². The number of hydrogen-bond acceptors (Lipinski definition) is 8. The van der Waals surface area contributed by atoms with E-state index in [1.807, 2.05) is 6.07 Å². The standard InChI is InChI=1S/C21H19NO8/c23-20(13-4-2-1-3-5-13)30-19-12-27-18-11-16(10-17(18)19)29-21(24)28-15-8-6-14(7-9-15)22(25)26/h1-9,16-19H,10-12H2/t16-,17+,18-,19+/m1/s1. The van der Waals surface area contributed by atoms with Crippen molar-refractivity contribution in [2.24, 2.45) is 5.92 Å². The maximum Gasteiger partial charge on any atom is 0.514 e. The normalized spacial score (nSPS) is 24.7. The third-order valence-corrected chi connectivity index (χ3v) is 5.24. The second kappa shape index (κ2) is 8.50. The second-order valence-corrected chi connectivity index (χ2v) is 7.16. The number of rotatable bonds is 5. The molecule has 1 heterocycles. The predicted molar refractivity (Wildman–Crippen MR) is 102 cm³/mol. The van der Waals surface area contributed by atoms with E-state index in [9.17, 15) is 19.7 Å². The van der Waals surface area contributed by atoms with Crippen molar-refractivity contribution in [3.63, 3.8) is 0 Å². The van der Waals surface area contributed by atoms with E-state index in [0.29, 0.717) is 25.0 Å². The molecule has 2 aromatic rings. The van der Waals surface area contributed by atoms with Crippen LogP contribution in [0.1, 0.15) is 23.2 Å². The Balaban J connectivity index is 1.29. The summed E-state index contributed by atoms with van der Waals surface area (Å²) in [6.07, 6.45) is -0.903. The molecule has 2 aromatic carbocycles. The van der Waals surface area contributed by atoms with Gasteiger partial charge < -0.3 is 18.9 Å². The second-order valence-electron chi connectivity index (χ2n) is 7.16. The first-order valence-electron chi connectivity index (χ1n) is 9.50. The van der Waals surface area contributed by atoms with E-state index < -0.39 is 29.3 Å². The van der Waals surface area contributed by atoms with Crippen LogP contribution in [0.15, 0.2) is 54.6 Å². The number of hydrogen-bond donors (Lipinski definition) is 0. The van der Waals surface area contributed by atoms with Crippen LogP contribution < -0.4 is 4.74 Å². The molecule has 0 bridgehead atoms. The molecule has 1 aliphatic carbocycles. The molecule has 2 aliphatic rings. The largest absolute Gasteiger partial charge is 0.514 e. The highest BCUT2D eigenvalue weighted by atomic mass is 16.7. The first-order chi connectivity index (χ1) is 14.5. The smallest absolute Gasteiger partial charge is 0.456 e. The Labute approximate surface area is 171 Å². The molecule has 1 aliphatic heterocycles. The van der Waals surface area contributed by atoms with E-state index in [0.717, 1.165) is 0 Å². The van der Waals surface area contributed by atoms with Gasteiger partial charge in [0.25, 0.3) is 5.69 Å². The minimum Gasteiger partial charge on any atom is -0.456 e. The van der Waals surface area contributed by atoms with Gasteiger partial charge in [-0.2, -0.15) is 0 Å². The fourth-order valence-corrected chi connectivity index (χ4v) is 3.80. The van der Waals surface area contributed by atoms with Gasteiger partial charge in [-0.3, -0.25) is 10.1 Å². The summed E-state index contributed by atoms with van der Waals surface area (Å²) < 4.78 is 21.7. The number of esters is 1. The molecule has 2 fully saturated rings. The van der Waals surface area contributed by atoms with E-state index in [2.05, 4.69) is 0 Å². The molecule has 156 valence electrons. The van der Waals surface area contributed by atoms with E-state index in [1.165, 1.54) is 24.3 Å². The quantitative estimate of drug-likeness (QED) is 0.317. The minimum absolute atomic E-state index is 0.0603. The van der Waals surface area contributed by atoms with Crippen molar-refractivity contribution in [2.45, 2.75) is 31.2 Å². The Morgan fingerprint density at radius 1 is 1.00 bits per heavy atom. The maximum atomic E-state index is 12.3. The van der Waals surface area contributed by atoms with Gasteiger partial charge in [-0.05, 0) is 30.7 Å². The van der Waals surface area contributed by atoms with Crippen LogP contribution in [0.25, 0.3) is 0 Å². The van der Waals surface area contributed by atoms with Crippen LogP contribution in [-0.4, -0.2) is 42.0 Å². The molecule has 9 heteroatoms. The lowest BCUT2D eigenvalue weighted by Crippen LogP contribution is -2.27. The molecule has 4 rings (SSSR count). The monoisotopic (exact) mass is 413 g/mol. The average molecular weight is 413 g/mol. The highest BCUT2D eigenvalue weighted by Crippen LogP contribution is 2.39. The molecule has 0 radical (unpaired) electrons. The van der Waals surface area contributed by atoms with Crippen molar-refractivity contribution in [2.75, 3.05) is 6.61 Å². The Morgan fingerprint density at radius 2 is 1.73 bits per heavy atom. The van der Waals surface area contributed by atoms with Gasteiger partial charge in [-0.15, -0.1) is 0 Å². The van der Waals surface area contributed by atoms with Gasteiger partial charge in [-0.1, -0.05) is 18.2 Å². The van der Waals surface area contributed by atoms with Crippen molar-refractivity contribution in [3.05, 3.63) is 70.3 Å². The zero-order chi connectivity index (χ0) is 21.1. The number of nitrogens with zero attached hydrogens (tertiary/aromatic N) is 1. The van der Waals surface area contributed by atoms with E-state index >= 15 is 0 Å². The van der Waals surface area contributed by atoms with Crippen molar-refractivity contribution in [1.29, 1.82) is 0 Å². The van der Waals surface area contributed by atoms with Crippen LogP contribution in [-0.2, 0) is 14.2 Å². The lowest BCUT2D eigenvalue weighted by Gasteiger charge is -2.18. The fraction of sp³-hybridized carbons (Fsp3) is 0.333. The predicted octanol–water partition coefficient (Wildman–Crippen LogP) is 3.51. The van der Waals surface area contributed by atoms with Crippen LogP contribution in [0.3, 0.4) is 0 Å². The van der Waals surface area contributed by atoms with Crippen LogP contribution in [0.2, 0.25) is 0 Å². The summed E-state index contributed by atoms with van der Waals surface area (Å²) in [6, 6.07) is 13.8. The van der Waals surface area contributed by atoms with Crippen LogP contribution in [0.4, 0.5) is 10.5 Å². The summed E-state index contributed by atoms with van der Waals surface area (Å²) in [5.41, 5.74) is 0.367. The third-order valence-electron chi connectivity index (χ3n) is 5.24. The van der Waals surface area contributed by atoms with E-state index in [1.54, 1.807) is 24.3 Å². The number of nitro groups is 1. The zero-order valence-corrected chi connectivity index (χ0v) is 15.8. The number of carbonyl (C=O) groups excluding carboxylic acids is 2. The Morgan fingerprint density at radius 3 is 2.43 bits per heavy atom. The van der Waals surface area contributed by atoms with Gasteiger partial charge >= 0.3 is 12.1 Å². The van der Waals surface area contributed by atoms with Crippen LogP contribution >= 0.6 is 0 Å². The Kier molecular flexibility index (Phi) is 5.62. The highest BCUT2D eigenvalue weighted by molar-refractivity contribution is 5.89. The van der Waals surface area contributed by atoms with E-state index in [-0.39, 0.29) is 23.5 Å². The van der Waals surface area contributed by atoms with Gasteiger partial charge in [0, 0.05) is 24.5 Å². The summed E-state index contributed by atoms with van der Waals surface area (Å²) in [6.45, 7) is 0.313. The van der Waals surface area contributed by atoms with Gasteiger partial charge in [-0.25, -0.2) is 9.59 Å². The van der Waals surface area contributed by atoms with Crippen LogP contribution in [0.5, 0.6) is 5.75 Å². The maximum absolute atomic E-state index is 12.3. The molecular weight excluding hydrogens is 394 g/mol. The number of non-ortho nitro benzene ring substituents is 1. The molecule has 4 atom stereocenters. The molecular formula is C21H19NO8. The van der Waals surface area contributed by atoms with Crippen molar-refractivity contribution < 1.29 is 33.5 Å². The van der Waals surface area contributed by atoms with Gasteiger partial charge in [0.1, 0.15) is 18.0 Å². The summed E-state index contributed by atoms with van der Waals surface area (Å²) in [4.78, 5) is 34.5. The molecule has 9 nitrogen and oxygen atoms in total.